The summed E-state index contributed by atoms with van der Waals surface area (Å²) in [5, 5.41) is 10.1. The van der Waals surface area contributed by atoms with Crippen LogP contribution in [0, 0.1) is 0 Å². The third-order valence-electron chi connectivity index (χ3n) is 3.64. The lowest BCUT2D eigenvalue weighted by Crippen LogP contribution is -2.26. The topological polar surface area (TPSA) is 224 Å². The summed E-state index contributed by atoms with van der Waals surface area (Å²) in [4.78, 5) is 33.2. The minimum absolute atomic E-state index is 0.0897. The van der Waals surface area contributed by atoms with Crippen molar-refractivity contribution in [3.8, 4) is 0 Å². The number of aliphatic hydroxyl groups is 1. The number of anilines is 1. The van der Waals surface area contributed by atoms with Crippen molar-refractivity contribution in [2.45, 2.75) is 24.9 Å². The van der Waals surface area contributed by atoms with Gasteiger partial charge in [-0.1, -0.05) is 0 Å². The van der Waals surface area contributed by atoms with Crippen molar-refractivity contribution in [3.05, 3.63) is 12.7 Å². The van der Waals surface area contributed by atoms with E-state index in [1.807, 2.05) is 0 Å². The fourth-order valence-electron chi connectivity index (χ4n) is 2.49. The largest absolute Gasteiger partial charge is 0.668 e. The van der Waals surface area contributed by atoms with Crippen molar-refractivity contribution in [2.24, 2.45) is 0 Å². The Labute approximate surface area is 158 Å². The first-order chi connectivity index (χ1) is 13.2. The molecule has 0 saturated carbocycles. The fourth-order valence-corrected chi connectivity index (χ4v) is 4.77. The molecule has 0 radical (unpaired) electrons. The minimum Gasteiger partial charge on any atom is -0.575 e. The van der Waals surface area contributed by atoms with Gasteiger partial charge in [0.2, 0.25) is 0 Å². The molecule has 15 nitrogen and oxygen atoms in total. The first-order valence-corrected chi connectivity index (χ1v) is 11.3. The molecule has 28 heavy (non-hydrogen) atoms. The van der Waals surface area contributed by atoms with E-state index in [4.69, 9.17) is 10.5 Å². The summed E-state index contributed by atoms with van der Waals surface area (Å²) in [6, 6.07) is 0. The Morgan fingerprint density at radius 3 is 2.93 bits per heavy atom. The quantitative estimate of drug-likeness (QED) is 0.367. The van der Waals surface area contributed by atoms with Crippen LogP contribution in [0.15, 0.2) is 12.7 Å². The summed E-state index contributed by atoms with van der Waals surface area (Å²) in [6.45, 7) is -0.595. The van der Waals surface area contributed by atoms with E-state index in [0.717, 1.165) is 0 Å². The van der Waals surface area contributed by atoms with Gasteiger partial charge in [0.1, 0.15) is 29.0 Å². The highest BCUT2D eigenvalue weighted by molar-refractivity contribution is 7.61. The molecule has 2 aromatic rings. The summed E-state index contributed by atoms with van der Waals surface area (Å²) >= 11 is 0. The number of fused-ring (bicyclic) bond motifs is 1. The maximum Gasteiger partial charge on any atom is 0.668 e. The van der Waals surface area contributed by atoms with Gasteiger partial charge >= 0.3 is 24.2 Å². The lowest BCUT2D eigenvalue weighted by Gasteiger charge is -2.16. The van der Waals surface area contributed by atoms with Gasteiger partial charge in [0.15, 0.2) is 11.5 Å². The second-order valence-corrected chi connectivity index (χ2v) is 9.15. The first-order valence-electron chi connectivity index (χ1n) is 7.48. The van der Waals surface area contributed by atoms with Crippen LogP contribution < -0.4 is 15.5 Å². The summed E-state index contributed by atoms with van der Waals surface area (Å²) in [7, 11) is -11.4. The molecule has 0 aliphatic carbocycles. The van der Waals surface area contributed by atoms with Crippen LogP contribution in [0.3, 0.4) is 0 Å². The molecular formula is C10H14N6O9P3+. The number of phosphoric ester groups is 1. The highest BCUT2D eigenvalue weighted by atomic mass is 31.3. The molecule has 1 saturated heterocycles. The zero-order chi connectivity index (χ0) is 20.5. The number of phosphoric acid groups is 1. The molecule has 3 heterocycles. The van der Waals surface area contributed by atoms with Gasteiger partial charge in [-0.25, -0.2) is 19.5 Å². The van der Waals surface area contributed by atoms with E-state index >= 15 is 0 Å². The second-order valence-electron chi connectivity index (χ2n) is 5.48. The molecule has 1 fully saturated rings. The van der Waals surface area contributed by atoms with E-state index in [-0.39, 0.29) is 12.2 Å². The van der Waals surface area contributed by atoms with Gasteiger partial charge in [0.05, 0.1) is 19.0 Å². The minimum atomic E-state index is -4.87. The molecular weight excluding hydrogens is 441 g/mol. The standard InChI is InChI=1S/C10H13N6O9P3/c11-9-8-10(13-3-12-9)16(4-14-8)7-1-5(17)6(24-7)2-23-28(21,22)25-27(20)15-26(18)19/h3-7,17H,1-2H2,(H3-,11,12,13,15,18,19,20,21,22)/p+1/t5-,6+,7+/m0/s1. The Morgan fingerprint density at radius 1 is 1.46 bits per heavy atom. The van der Waals surface area contributed by atoms with Crippen LogP contribution in [0.2, 0.25) is 0 Å². The molecule has 0 bridgehead atoms. The molecule has 2 aromatic heterocycles. The molecule has 3 rings (SSSR count). The summed E-state index contributed by atoms with van der Waals surface area (Å²) < 4.78 is 49.1. The van der Waals surface area contributed by atoms with E-state index in [9.17, 15) is 28.6 Å². The smallest absolute Gasteiger partial charge is 0.575 e. The molecule has 18 heteroatoms. The van der Waals surface area contributed by atoms with E-state index in [1.165, 1.54) is 22.1 Å². The van der Waals surface area contributed by atoms with E-state index in [1.54, 1.807) is 0 Å². The van der Waals surface area contributed by atoms with Crippen LogP contribution in [0.5, 0.6) is 0 Å². The number of nitrogen functional groups attached to an aromatic ring is 1. The predicted molar refractivity (Wildman–Crippen MR) is 89.5 cm³/mol. The van der Waals surface area contributed by atoms with Gasteiger partial charge in [-0.05, 0) is 13.4 Å². The summed E-state index contributed by atoms with van der Waals surface area (Å²) in [5.41, 5.74) is 6.43. The lowest BCUT2D eigenvalue weighted by atomic mass is 10.2. The van der Waals surface area contributed by atoms with Gasteiger partial charge in [0, 0.05) is 6.42 Å². The summed E-state index contributed by atoms with van der Waals surface area (Å²) in [6.07, 6.45) is -0.100. The number of aliphatic hydroxyl groups excluding tert-OH is 1. The lowest BCUT2D eigenvalue weighted by molar-refractivity contribution is -0.165. The summed E-state index contributed by atoms with van der Waals surface area (Å²) in [5.74, 6) is 0.170. The Hall–Kier alpha value is -1.50. The zero-order valence-electron chi connectivity index (χ0n) is 13.8. The number of imidazole rings is 1. The van der Waals surface area contributed by atoms with Gasteiger partial charge in [-0.3, -0.25) is 9.09 Å². The average Bonchev–Trinajstić information content (AvgIpc) is 3.16. The van der Waals surface area contributed by atoms with Crippen LogP contribution in [-0.4, -0.2) is 48.3 Å². The zero-order valence-corrected chi connectivity index (χ0v) is 16.4. The second kappa shape index (κ2) is 8.47. The highest BCUT2D eigenvalue weighted by Crippen LogP contribution is 2.52. The molecule has 0 amide bonds. The Morgan fingerprint density at radius 2 is 2.21 bits per heavy atom. The molecule has 6 atom stereocenters. The number of ether oxygens (including phenoxy) is 1. The first kappa shape index (κ1) is 21.2. The molecule has 0 aromatic carbocycles. The number of rotatable bonds is 8. The molecule has 3 unspecified atom stereocenters. The molecule has 5 N–H and O–H groups in total. The monoisotopic (exact) mass is 455 g/mol. The Bertz CT molecular complexity index is 956. The van der Waals surface area contributed by atoms with Crippen molar-refractivity contribution < 1.29 is 42.2 Å². The SMILES string of the molecule is Nc1ncnc2c1ncn2[C@H]1C[C@H](O)[C@@H](COP(=O)(O)O[P+](=O)N[P+](=O)[O-])O1. The Balaban J connectivity index is 1.62. The third kappa shape index (κ3) is 4.91. The van der Waals surface area contributed by atoms with E-state index in [2.05, 4.69) is 23.8 Å². The van der Waals surface area contributed by atoms with E-state index < -0.39 is 49.2 Å². The molecule has 152 valence electrons. The number of aromatic nitrogens is 4. The van der Waals surface area contributed by atoms with Crippen molar-refractivity contribution in [3.63, 3.8) is 0 Å². The highest BCUT2D eigenvalue weighted by Gasteiger charge is 2.42. The van der Waals surface area contributed by atoms with Gasteiger partial charge in [-0.15, -0.1) is 0 Å². The number of nitrogens with one attached hydrogen (secondary N) is 1. The maximum absolute atomic E-state index is 11.7. The predicted octanol–water partition coefficient (Wildman–Crippen LogP) is -0.545. The van der Waals surface area contributed by atoms with Crippen LogP contribution in [0.4, 0.5) is 5.82 Å². The molecule has 1 aliphatic rings. The van der Waals surface area contributed by atoms with Crippen molar-refractivity contribution in [2.75, 3.05) is 12.3 Å². The fraction of sp³-hybridized carbons (Fsp3) is 0.500. The van der Waals surface area contributed by atoms with Crippen LogP contribution >= 0.6 is 24.2 Å². The maximum atomic E-state index is 11.7. The third-order valence-corrected chi connectivity index (χ3v) is 6.84. The van der Waals surface area contributed by atoms with Gasteiger partial charge in [0.25, 0.3) is 0 Å². The number of hydrogen-bond acceptors (Lipinski definition) is 12. The Kier molecular flexibility index (Phi) is 6.42. The van der Waals surface area contributed by atoms with Gasteiger partial charge < -0.3 is 25.4 Å². The average molecular weight is 455 g/mol. The van der Waals surface area contributed by atoms with Crippen molar-refractivity contribution in [1.82, 2.24) is 24.4 Å². The van der Waals surface area contributed by atoms with E-state index in [0.29, 0.717) is 11.2 Å². The van der Waals surface area contributed by atoms with Crippen LogP contribution in [-0.2, 0) is 27.3 Å². The van der Waals surface area contributed by atoms with Gasteiger partial charge in [-0.2, -0.15) is 0 Å². The number of nitrogens with zero attached hydrogens (tertiary/aromatic N) is 4. The molecule has 1 aliphatic heterocycles. The van der Waals surface area contributed by atoms with Crippen LogP contribution in [0.1, 0.15) is 12.6 Å². The van der Waals surface area contributed by atoms with Crippen molar-refractivity contribution >= 4 is 41.2 Å². The normalized spacial score (nSPS) is 25.6. The molecule has 0 spiro atoms. The number of hydrogen-bond donors (Lipinski definition) is 4. The van der Waals surface area contributed by atoms with Crippen LogP contribution in [0.25, 0.3) is 11.2 Å². The number of nitrogens with two attached hydrogens (primary N) is 1. The van der Waals surface area contributed by atoms with Crippen molar-refractivity contribution in [1.29, 1.82) is 0 Å².